The first-order chi connectivity index (χ1) is 12.8. The van der Waals surface area contributed by atoms with Crippen LogP contribution in [0, 0.1) is 11.3 Å². The Labute approximate surface area is 165 Å². The number of hydrogen-bond acceptors (Lipinski definition) is 4. The molecule has 4 nitrogen and oxygen atoms in total. The summed E-state index contributed by atoms with van der Waals surface area (Å²) in [5, 5.41) is 0. The molecule has 2 saturated heterocycles. The van der Waals surface area contributed by atoms with Crippen molar-refractivity contribution in [2.75, 3.05) is 32.8 Å². The van der Waals surface area contributed by atoms with E-state index in [2.05, 4.69) is 51.7 Å². The van der Waals surface area contributed by atoms with Crippen molar-refractivity contribution in [1.82, 2.24) is 4.90 Å². The molecule has 2 heterocycles. The first-order valence-electron chi connectivity index (χ1n) is 10.6. The molecule has 152 valence electrons. The molecule has 0 N–H and O–H groups in total. The lowest BCUT2D eigenvalue weighted by Crippen LogP contribution is -2.48. The fourth-order valence-corrected chi connectivity index (χ4v) is 4.15. The van der Waals surface area contributed by atoms with Gasteiger partial charge in [-0.25, -0.2) is 0 Å². The van der Waals surface area contributed by atoms with E-state index >= 15 is 0 Å². The van der Waals surface area contributed by atoms with Crippen LogP contribution < -0.4 is 4.74 Å². The number of piperidine rings is 1. The van der Waals surface area contributed by atoms with Crippen LogP contribution in [0.4, 0.5) is 0 Å². The Morgan fingerprint density at radius 1 is 1.30 bits per heavy atom. The van der Waals surface area contributed by atoms with Gasteiger partial charge in [-0.1, -0.05) is 45.9 Å². The van der Waals surface area contributed by atoms with Crippen molar-refractivity contribution in [2.24, 2.45) is 11.3 Å². The highest BCUT2D eigenvalue weighted by molar-refractivity contribution is 5.33. The SMILES string of the molecule is CCc1ccccc1OCC(C)(C)C1(C)OCC(CN2CCCC(C)C2)O1. The van der Waals surface area contributed by atoms with Gasteiger partial charge in [-0.3, -0.25) is 0 Å². The molecule has 0 saturated carbocycles. The third kappa shape index (κ3) is 4.85. The van der Waals surface area contributed by atoms with Crippen molar-refractivity contribution in [3.63, 3.8) is 0 Å². The predicted octanol–water partition coefficient (Wildman–Crippen LogP) is 4.52. The summed E-state index contributed by atoms with van der Waals surface area (Å²) in [4.78, 5) is 2.54. The third-order valence-corrected chi connectivity index (χ3v) is 6.31. The van der Waals surface area contributed by atoms with Gasteiger partial charge < -0.3 is 19.1 Å². The second-order valence-corrected chi connectivity index (χ2v) is 9.14. The Morgan fingerprint density at radius 2 is 2.07 bits per heavy atom. The van der Waals surface area contributed by atoms with E-state index in [1.165, 1.54) is 31.5 Å². The Morgan fingerprint density at radius 3 is 2.81 bits per heavy atom. The maximum absolute atomic E-state index is 6.45. The predicted molar refractivity (Wildman–Crippen MR) is 109 cm³/mol. The van der Waals surface area contributed by atoms with Gasteiger partial charge in [0.05, 0.1) is 24.7 Å². The molecule has 2 aliphatic heterocycles. The van der Waals surface area contributed by atoms with Crippen molar-refractivity contribution in [3.05, 3.63) is 29.8 Å². The number of ether oxygens (including phenoxy) is 3. The van der Waals surface area contributed by atoms with Gasteiger partial charge in [0.15, 0.2) is 5.79 Å². The summed E-state index contributed by atoms with van der Waals surface area (Å²) < 4.78 is 18.9. The van der Waals surface area contributed by atoms with E-state index < -0.39 is 5.79 Å². The lowest BCUT2D eigenvalue weighted by atomic mass is 9.85. The van der Waals surface area contributed by atoms with Crippen LogP contribution in [0.15, 0.2) is 24.3 Å². The van der Waals surface area contributed by atoms with Gasteiger partial charge in [-0.05, 0) is 50.3 Å². The minimum atomic E-state index is -0.625. The van der Waals surface area contributed by atoms with Crippen molar-refractivity contribution in [2.45, 2.75) is 65.8 Å². The number of nitrogens with zero attached hydrogens (tertiary/aromatic N) is 1. The van der Waals surface area contributed by atoms with Crippen LogP contribution in [0.5, 0.6) is 5.75 Å². The van der Waals surface area contributed by atoms with Crippen LogP contribution in [0.2, 0.25) is 0 Å². The maximum atomic E-state index is 6.45. The van der Waals surface area contributed by atoms with Crippen LogP contribution >= 0.6 is 0 Å². The Hall–Kier alpha value is -1.10. The van der Waals surface area contributed by atoms with Crippen LogP contribution in [0.1, 0.15) is 53.0 Å². The summed E-state index contributed by atoms with van der Waals surface area (Å²) in [5.74, 6) is 1.13. The zero-order valence-electron chi connectivity index (χ0n) is 17.8. The first kappa shape index (κ1) is 20.6. The fourth-order valence-electron chi connectivity index (χ4n) is 4.15. The van der Waals surface area contributed by atoms with E-state index in [1.807, 2.05) is 12.1 Å². The molecule has 2 fully saturated rings. The molecular formula is C23H37NO3. The Balaban J connectivity index is 1.57. The van der Waals surface area contributed by atoms with Gasteiger partial charge in [0.25, 0.3) is 0 Å². The molecule has 0 aliphatic carbocycles. The quantitative estimate of drug-likeness (QED) is 0.701. The van der Waals surface area contributed by atoms with Gasteiger partial charge in [-0.15, -0.1) is 0 Å². The monoisotopic (exact) mass is 375 g/mol. The summed E-state index contributed by atoms with van der Waals surface area (Å²) in [6.07, 6.45) is 3.75. The molecule has 0 bridgehead atoms. The molecule has 1 aromatic carbocycles. The number of aryl methyl sites for hydroxylation is 1. The van der Waals surface area contributed by atoms with E-state index in [0.717, 1.165) is 24.6 Å². The molecule has 1 aromatic rings. The van der Waals surface area contributed by atoms with Gasteiger partial charge in [0, 0.05) is 13.1 Å². The van der Waals surface area contributed by atoms with Crippen molar-refractivity contribution >= 4 is 0 Å². The van der Waals surface area contributed by atoms with Gasteiger partial charge in [0.2, 0.25) is 0 Å². The zero-order chi connectivity index (χ0) is 19.5. The molecule has 2 aliphatic rings. The number of hydrogen-bond donors (Lipinski definition) is 0. The second-order valence-electron chi connectivity index (χ2n) is 9.14. The summed E-state index contributed by atoms with van der Waals surface area (Å²) in [7, 11) is 0. The van der Waals surface area contributed by atoms with E-state index in [-0.39, 0.29) is 11.5 Å². The number of likely N-dealkylation sites (tertiary alicyclic amines) is 1. The first-order valence-corrected chi connectivity index (χ1v) is 10.6. The molecule has 0 amide bonds. The van der Waals surface area contributed by atoms with Gasteiger partial charge >= 0.3 is 0 Å². The highest BCUT2D eigenvalue weighted by Crippen LogP contribution is 2.41. The fraction of sp³-hybridized carbons (Fsp3) is 0.739. The maximum Gasteiger partial charge on any atom is 0.174 e. The summed E-state index contributed by atoms with van der Waals surface area (Å²) in [6, 6.07) is 8.27. The van der Waals surface area contributed by atoms with Crippen molar-refractivity contribution in [1.29, 1.82) is 0 Å². The molecule has 0 spiro atoms. The molecular weight excluding hydrogens is 338 g/mol. The highest BCUT2D eigenvalue weighted by Gasteiger charge is 2.50. The van der Waals surface area contributed by atoms with E-state index in [1.54, 1.807) is 0 Å². The van der Waals surface area contributed by atoms with Crippen LogP contribution in [-0.2, 0) is 15.9 Å². The van der Waals surface area contributed by atoms with Crippen LogP contribution in [-0.4, -0.2) is 49.6 Å². The minimum Gasteiger partial charge on any atom is -0.493 e. The second kappa shape index (κ2) is 8.50. The zero-order valence-corrected chi connectivity index (χ0v) is 17.8. The largest absolute Gasteiger partial charge is 0.493 e. The van der Waals surface area contributed by atoms with E-state index in [4.69, 9.17) is 14.2 Å². The summed E-state index contributed by atoms with van der Waals surface area (Å²) in [5.41, 5.74) is 0.987. The molecule has 27 heavy (non-hydrogen) atoms. The lowest BCUT2D eigenvalue weighted by molar-refractivity contribution is -0.231. The van der Waals surface area contributed by atoms with Gasteiger partial charge in [-0.2, -0.15) is 0 Å². The molecule has 4 heteroatoms. The Bertz CT molecular complexity index is 617. The van der Waals surface area contributed by atoms with Crippen LogP contribution in [0.25, 0.3) is 0 Å². The summed E-state index contributed by atoms with van der Waals surface area (Å²) >= 11 is 0. The van der Waals surface area contributed by atoms with E-state index in [9.17, 15) is 0 Å². The van der Waals surface area contributed by atoms with Crippen LogP contribution in [0.3, 0.4) is 0 Å². The minimum absolute atomic E-state index is 0.141. The molecule has 3 rings (SSSR count). The normalized spacial score (nSPS) is 29.8. The molecule has 0 radical (unpaired) electrons. The standard InChI is InChI=1S/C23H37NO3/c1-6-19-11-7-8-12-21(19)25-17-22(3,4)23(5)26-16-20(27-23)15-24-13-9-10-18(2)14-24/h7-8,11-12,18,20H,6,9-10,13-17H2,1-5H3. The molecule has 0 aromatic heterocycles. The average molecular weight is 376 g/mol. The lowest BCUT2D eigenvalue weighted by Gasteiger charge is -2.40. The number of para-hydroxylation sites is 1. The smallest absolute Gasteiger partial charge is 0.174 e. The van der Waals surface area contributed by atoms with Crippen molar-refractivity contribution in [3.8, 4) is 5.75 Å². The Kier molecular flexibility index (Phi) is 6.50. The van der Waals surface area contributed by atoms with Gasteiger partial charge in [0.1, 0.15) is 5.75 Å². The van der Waals surface area contributed by atoms with Crippen molar-refractivity contribution < 1.29 is 14.2 Å². The molecule has 3 unspecified atom stereocenters. The average Bonchev–Trinajstić information content (AvgIpc) is 3.03. The topological polar surface area (TPSA) is 30.9 Å². The third-order valence-electron chi connectivity index (χ3n) is 6.31. The number of rotatable bonds is 7. The molecule has 3 atom stereocenters. The van der Waals surface area contributed by atoms with E-state index in [0.29, 0.717) is 13.2 Å². The summed E-state index contributed by atoms with van der Waals surface area (Å²) in [6.45, 7) is 15.5. The number of benzene rings is 1. The highest BCUT2D eigenvalue weighted by atomic mass is 16.7.